The molecule has 0 fully saturated rings. The Morgan fingerprint density at radius 1 is 1.22 bits per heavy atom. The lowest BCUT2D eigenvalue weighted by Crippen LogP contribution is -2.37. The summed E-state index contributed by atoms with van der Waals surface area (Å²) in [5, 5.41) is 2.86. The molecule has 0 radical (unpaired) electrons. The molecule has 0 saturated carbocycles. The number of benzene rings is 2. The molecule has 0 aliphatic heterocycles. The van der Waals surface area contributed by atoms with Gasteiger partial charge in [-0.25, -0.2) is 0 Å². The van der Waals surface area contributed by atoms with Crippen molar-refractivity contribution in [2.45, 2.75) is 38.5 Å². The lowest BCUT2D eigenvalue weighted by atomic mass is 10.1. The van der Waals surface area contributed by atoms with Gasteiger partial charge in [-0.1, -0.05) is 42.5 Å². The van der Waals surface area contributed by atoms with Crippen LogP contribution in [0.3, 0.4) is 0 Å². The minimum absolute atomic E-state index is 0.416. The normalized spacial score (nSPS) is 13.7. The van der Waals surface area contributed by atoms with E-state index in [1.54, 1.807) is 18.3 Å². The first-order valence-electron chi connectivity index (χ1n) is 7.68. The van der Waals surface area contributed by atoms with Crippen molar-refractivity contribution in [3.8, 4) is 0 Å². The van der Waals surface area contributed by atoms with Gasteiger partial charge in [0.25, 0.3) is 10.1 Å². The maximum Gasteiger partial charge on any atom is 0.268 e. The van der Waals surface area contributed by atoms with E-state index in [1.807, 2.05) is 19.1 Å². The van der Waals surface area contributed by atoms with Gasteiger partial charge in [-0.2, -0.15) is 13.0 Å². The molecule has 1 unspecified atom stereocenters. The maximum absolute atomic E-state index is 11.4. The molecule has 1 heterocycles. The van der Waals surface area contributed by atoms with Gasteiger partial charge >= 0.3 is 0 Å². The highest BCUT2D eigenvalue weighted by Crippen LogP contribution is 2.29. The van der Waals surface area contributed by atoms with E-state index >= 15 is 0 Å². The van der Waals surface area contributed by atoms with Crippen LogP contribution in [0.5, 0.6) is 0 Å². The fraction of sp³-hybridized carbons (Fsp3) is 0.353. The molecule has 0 aliphatic carbocycles. The van der Waals surface area contributed by atoms with Gasteiger partial charge in [0.05, 0.1) is 5.25 Å². The highest BCUT2D eigenvalue weighted by molar-refractivity contribution is 7.86. The summed E-state index contributed by atoms with van der Waals surface area (Å²) in [7, 11) is -3.98. The fourth-order valence-corrected chi connectivity index (χ4v) is 5.04. The Balaban J connectivity index is 2.01. The van der Waals surface area contributed by atoms with Crippen LogP contribution in [-0.2, 0) is 16.7 Å². The summed E-state index contributed by atoms with van der Waals surface area (Å²) in [5.74, 6) is 0. The molecule has 3 aromatic rings. The summed E-state index contributed by atoms with van der Waals surface area (Å²) in [5.41, 5.74) is 1.12. The minimum atomic E-state index is -3.98. The molecule has 0 bridgehead atoms. The van der Waals surface area contributed by atoms with E-state index in [0.29, 0.717) is 19.4 Å². The number of rotatable bonds is 5. The second-order valence-corrected chi connectivity index (χ2v) is 8.64. The second-order valence-electron chi connectivity index (χ2n) is 5.74. The summed E-state index contributed by atoms with van der Waals surface area (Å²) in [6.45, 7) is 4.42. The van der Waals surface area contributed by atoms with Crippen LogP contribution in [0.2, 0.25) is 0 Å². The van der Waals surface area contributed by atoms with E-state index in [4.69, 9.17) is 0 Å². The van der Waals surface area contributed by atoms with Gasteiger partial charge in [-0.3, -0.25) is 4.55 Å². The fourth-order valence-electron chi connectivity index (χ4n) is 3.04. The predicted molar refractivity (Wildman–Crippen MR) is 94.5 cm³/mol. The van der Waals surface area contributed by atoms with Crippen LogP contribution >= 0.6 is 11.3 Å². The van der Waals surface area contributed by atoms with Crippen molar-refractivity contribution >= 4 is 42.4 Å². The van der Waals surface area contributed by atoms with Gasteiger partial charge in [0.2, 0.25) is 10.5 Å². The Morgan fingerprint density at radius 3 is 2.65 bits per heavy atom. The monoisotopic (exact) mass is 350 g/mol. The van der Waals surface area contributed by atoms with Crippen molar-refractivity contribution in [3.63, 3.8) is 0 Å². The lowest BCUT2D eigenvalue weighted by molar-refractivity contribution is -0.673. The topological polar surface area (TPSA) is 58.2 Å². The molecule has 122 valence electrons. The molecule has 0 spiro atoms. The minimum Gasteiger partial charge on any atom is -0.285 e. The van der Waals surface area contributed by atoms with Crippen LogP contribution in [0.25, 0.3) is 21.0 Å². The second kappa shape index (κ2) is 6.19. The molecule has 1 aromatic heterocycles. The summed E-state index contributed by atoms with van der Waals surface area (Å²) >= 11 is 1.73. The summed E-state index contributed by atoms with van der Waals surface area (Å²) in [6.07, 6.45) is 0.836. The number of hydrogen-bond donors (Lipinski definition) is 1. The average Bonchev–Trinajstić information content (AvgIpc) is 2.83. The molecular weight excluding hydrogens is 330 g/mol. The SMILES string of the molecule is CCC(CC[n+]1c(C)sc2c3ccccc3ccc21)S(=O)(=O)O. The number of aromatic nitrogens is 1. The number of thiazole rings is 1. The van der Waals surface area contributed by atoms with Crippen molar-refractivity contribution in [1.29, 1.82) is 0 Å². The molecule has 1 N–H and O–H groups in total. The third-order valence-electron chi connectivity index (χ3n) is 4.33. The number of nitrogens with zero attached hydrogens (tertiary/aromatic N) is 1. The zero-order valence-corrected chi connectivity index (χ0v) is 14.8. The Kier molecular flexibility index (Phi) is 4.40. The Morgan fingerprint density at radius 2 is 1.96 bits per heavy atom. The standard InChI is InChI=1S/C17H19NO3S2/c1-3-14(23(19,20)21)10-11-18-12(2)22-17-15-7-5-4-6-13(15)8-9-16(17)18/h4-9,14H,3,10-11H2,1-2H3/p+1. The van der Waals surface area contributed by atoms with Crippen molar-refractivity contribution < 1.29 is 17.5 Å². The summed E-state index contributed by atoms with van der Waals surface area (Å²) < 4.78 is 35.5. The van der Waals surface area contributed by atoms with Gasteiger partial charge < -0.3 is 0 Å². The largest absolute Gasteiger partial charge is 0.285 e. The predicted octanol–water partition coefficient (Wildman–Crippen LogP) is 3.71. The van der Waals surface area contributed by atoms with Gasteiger partial charge in [-0.05, 0) is 17.9 Å². The van der Waals surface area contributed by atoms with E-state index in [1.165, 1.54) is 15.5 Å². The zero-order chi connectivity index (χ0) is 16.6. The smallest absolute Gasteiger partial charge is 0.268 e. The molecule has 0 amide bonds. The molecule has 23 heavy (non-hydrogen) atoms. The zero-order valence-electron chi connectivity index (χ0n) is 13.2. The van der Waals surface area contributed by atoms with E-state index in [2.05, 4.69) is 28.8 Å². The number of fused-ring (bicyclic) bond motifs is 3. The highest BCUT2D eigenvalue weighted by Gasteiger charge is 2.25. The van der Waals surface area contributed by atoms with Gasteiger partial charge in [0.15, 0.2) is 6.54 Å². The maximum atomic E-state index is 11.4. The average molecular weight is 350 g/mol. The third kappa shape index (κ3) is 3.11. The molecular formula is C17H20NO3S2+. The van der Waals surface area contributed by atoms with Crippen molar-refractivity contribution in [2.24, 2.45) is 0 Å². The van der Waals surface area contributed by atoms with E-state index < -0.39 is 15.4 Å². The number of hydrogen-bond acceptors (Lipinski definition) is 3. The number of aryl methyl sites for hydroxylation is 2. The van der Waals surface area contributed by atoms with Crippen LogP contribution in [-0.4, -0.2) is 18.2 Å². The van der Waals surface area contributed by atoms with E-state index in [-0.39, 0.29) is 0 Å². The molecule has 3 rings (SSSR count). The lowest BCUT2D eigenvalue weighted by Gasteiger charge is -2.09. The first kappa shape index (κ1) is 16.4. The molecule has 1 atom stereocenters. The quantitative estimate of drug-likeness (QED) is 0.564. The van der Waals surface area contributed by atoms with Gasteiger partial charge in [-0.15, -0.1) is 0 Å². The van der Waals surface area contributed by atoms with Crippen molar-refractivity contribution in [3.05, 3.63) is 41.4 Å². The summed E-state index contributed by atoms with van der Waals surface area (Å²) in [4.78, 5) is 0. The molecule has 0 saturated heterocycles. The first-order chi connectivity index (χ1) is 10.9. The molecule has 2 aromatic carbocycles. The van der Waals surface area contributed by atoms with Crippen LogP contribution in [0, 0.1) is 6.92 Å². The molecule has 0 aliphatic rings. The van der Waals surface area contributed by atoms with Crippen LogP contribution in [0.4, 0.5) is 0 Å². The summed E-state index contributed by atoms with van der Waals surface area (Å²) in [6, 6.07) is 12.5. The third-order valence-corrected chi connectivity index (χ3v) is 6.89. The van der Waals surface area contributed by atoms with Crippen LogP contribution in [0.1, 0.15) is 24.8 Å². The van der Waals surface area contributed by atoms with Gasteiger partial charge in [0, 0.05) is 24.8 Å². The Bertz CT molecular complexity index is 961. The van der Waals surface area contributed by atoms with Crippen molar-refractivity contribution in [1.82, 2.24) is 0 Å². The van der Waals surface area contributed by atoms with Crippen LogP contribution in [0.15, 0.2) is 36.4 Å². The Hall–Kier alpha value is -1.50. The molecule has 4 nitrogen and oxygen atoms in total. The highest BCUT2D eigenvalue weighted by atomic mass is 32.2. The van der Waals surface area contributed by atoms with Crippen LogP contribution < -0.4 is 4.57 Å². The van der Waals surface area contributed by atoms with Crippen molar-refractivity contribution in [2.75, 3.05) is 0 Å². The molecule has 6 heteroatoms. The van der Waals surface area contributed by atoms with Gasteiger partial charge in [0.1, 0.15) is 4.70 Å². The Labute approximate surface area is 140 Å². The van der Waals surface area contributed by atoms with E-state index in [0.717, 1.165) is 10.5 Å². The first-order valence-corrected chi connectivity index (χ1v) is 10.0. The van der Waals surface area contributed by atoms with E-state index in [9.17, 15) is 13.0 Å².